The zero-order valence-electron chi connectivity index (χ0n) is 7.95. The van der Waals surface area contributed by atoms with Gasteiger partial charge in [-0.3, -0.25) is 0 Å². The molecule has 0 bridgehead atoms. The molecule has 0 amide bonds. The third-order valence-electron chi connectivity index (χ3n) is 1.99. The van der Waals surface area contributed by atoms with Gasteiger partial charge in [0.25, 0.3) is 0 Å². The summed E-state index contributed by atoms with van der Waals surface area (Å²) < 4.78 is 0. The Morgan fingerprint density at radius 1 is 1.08 bits per heavy atom. The molecule has 0 aliphatic heterocycles. The third-order valence-corrected chi connectivity index (χ3v) is 4.77. The van der Waals surface area contributed by atoms with Crippen LogP contribution in [0.2, 0.25) is 5.82 Å². The monoisotopic (exact) mass is 228 g/mol. The molecule has 1 aromatic carbocycles. The van der Waals surface area contributed by atoms with Crippen LogP contribution in [0.5, 0.6) is 0 Å². The van der Waals surface area contributed by atoms with Gasteiger partial charge in [-0.25, -0.2) is 0 Å². The minimum atomic E-state index is 0.718. The number of rotatable bonds is 3. The molecule has 0 aromatic heterocycles. The van der Waals surface area contributed by atoms with Crippen molar-refractivity contribution >= 4 is 15.0 Å². The quantitative estimate of drug-likeness (QED) is 0.696. The van der Waals surface area contributed by atoms with E-state index >= 15 is 0 Å². The van der Waals surface area contributed by atoms with E-state index < -0.39 is 0 Å². The van der Waals surface area contributed by atoms with Gasteiger partial charge >= 0.3 is 81.3 Å². The van der Waals surface area contributed by atoms with Crippen LogP contribution in [0.15, 0.2) is 30.3 Å². The molecule has 0 heterocycles. The first-order valence-corrected chi connectivity index (χ1v) is 7.03. The molecule has 1 rings (SSSR count). The molecule has 0 N–H and O–H groups in total. The summed E-state index contributed by atoms with van der Waals surface area (Å²) in [6, 6.07) is 10.8. The van der Waals surface area contributed by atoms with Gasteiger partial charge in [0.05, 0.1) is 0 Å². The fraction of sp³-hybridized carbons (Fsp3) is 0.455. The Hall–Kier alpha value is -0.261. The minimum absolute atomic E-state index is 0.718. The Morgan fingerprint density at radius 2 is 1.67 bits per heavy atom. The van der Waals surface area contributed by atoms with Gasteiger partial charge in [-0.15, -0.1) is 0 Å². The second-order valence-electron chi connectivity index (χ2n) is 3.31. The van der Waals surface area contributed by atoms with Crippen molar-refractivity contribution in [3.63, 3.8) is 0 Å². The summed E-state index contributed by atoms with van der Waals surface area (Å²) in [6.07, 6.45) is 0. The topological polar surface area (TPSA) is 0 Å². The average molecular weight is 227 g/mol. The van der Waals surface area contributed by atoms with E-state index in [0.29, 0.717) is 0 Å². The van der Waals surface area contributed by atoms with Crippen molar-refractivity contribution in [2.24, 2.45) is 5.92 Å². The Bertz CT molecular complexity index is 216. The molecule has 66 valence electrons. The Morgan fingerprint density at radius 3 is 2.08 bits per heavy atom. The molecule has 0 fully saturated rings. The second kappa shape index (κ2) is 4.69. The van der Waals surface area contributed by atoms with Crippen molar-refractivity contribution in [2.45, 2.75) is 24.5 Å². The van der Waals surface area contributed by atoms with E-state index in [1.165, 1.54) is 5.56 Å². The van der Waals surface area contributed by atoms with E-state index in [-0.39, 0.29) is 0 Å². The Balaban J connectivity index is 2.80. The zero-order chi connectivity index (χ0) is 8.97. The summed E-state index contributed by atoms with van der Waals surface area (Å²) in [5.74, 6) is 3.10. The Kier molecular flexibility index (Phi) is 3.84. The predicted molar refractivity (Wildman–Crippen MR) is 55.6 cm³/mol. The summed E-state index contributed by atoms with van der Waals surface area (Å²) in [5, 5.41) is 0. The van der Waals surface area contributed by atoms with E-state index in [1.807, 2.05) is 0 Å². The summed E-state index contributed by atoms with van der Waals surface area (Å²) >= 11 is 0.718. The Labute approximate surface area is 81.5 Å². The van der Waals surface area contributed by atoms with Gasteiger partial charge in [0.1, 0.15) is 0 Å². The van der Waals surface area contributed by atoms with Crippen molar-refractivity contribution in [1.82, 2.24) is 0 Å². The van der Waals surface area contributed by atoms with E-state index in [1.54, 1.807) is 0 Å². The molecule has 0 aliphatic rings. The normalized spacial score (nSPS) is 13.3. The molecule has 0 saturated heterocycles. The summed E-state index contributed by atoms with van der Waals surface area (Å²) in [6.45, 7) is 4.62. The molecule has 12 heavy (non-hydrogen) atoms. The van der Waals surface area contributed by atoms with E-state index in [2.05, 4.69) is 50.0 Å². The molecule has 0 aliphatic carbocycles. The first-order valence-electron chi connectivity index (χ1n) is 4.33. The van der Waals surface area contributed by atoms with Crippen LogP contribution in [0, 0.1) is 5.92 Å². The van der Waals surface area contributed by atoms with Crippen LogP contribution in [0.25, 0.3) is 0 Å². The van der Waals surface area contributed by atoms with Crippen molar-refractivity contribution in [2.75, 3.05) is 0 Å². The van der Waals surface area contributed by atoms with Crippen LogP contribution in [0.3, 0.4) is 0 Å². The van der Waals surface area contributed by atoms with Gasteiger partial charge in [0.15, 0.2) is 0 Å². The predicted octanol–water partition coefficient (Wildman–Crippen LogP) is 3.14. The van der Waals surface area contributed by atoms with Crippen LogP contribution in [0.1, 0.15) is 24.2 Å². The van der Waals surface area contributed by atoms with Crippen LogP contribution >= 0.6 is 0 Å². The van der Waals surface area contributed by atoms with E-state index in [4.69, 9.17) is 0 Å². The maximum atomic E-state index is 2.32. The average Bonchev–Trinajstić information content (AvgIpc) is 2.07. The van der Waals surface area contributed by atoms with Gasteiger partial charge < -0.3 is 0 Å². The molecule has 1 heteroatoms. The molecule has 0 saturated carbocycles. The van der Waals surface area contributed by atoms with Crippen molar-refractivity contribution in [3.8, 4) is 0 Å². The van der Waals surface area contributed by atoms with Crippen LogP contribution in [-0.2, 0) is 0 Å². The summed E-state index contributed by atoms with van der Waals surface area (Å²) in [4.78, 5) is 0.790. The van der Waals surface area contributed by atoms with Gasteiger partial charge in [-0.2, -0.15) is 0 Å². The molecule has 1 unspecified atom stereocenters. The van der Waals surface area contributed by atoms with Crippen LogP contribution < -0.4 is 0 Å². The fourth-order valence-electron chi connectivity index (χ4n) is 1.44. The molecule has 1 atom stereocenters. The standard InChI is InChI=1S/C11H16Se/c1-9(2)11(12-3)10-7-5-4-6-8-10/h4-9,11H,1-3H3. The van der Waals surface area contributed by atoms with E-state index in [9.17, 15) is 0 Å². The SMILES string of the molecule is C[Se]C(c1ccccc1)C(C)C. The fourth-order valence-corrected chi connectivity index (χ4v) is 3.48. The zero-order valence-corrected chi connectivity index (χ0v) is 9.66. The summed E-state index contributed by atoms with van der Waals surface area (Å²) in [7, 11) is 0. The van der Waals surface area contributed by atoms with Crippen molar-refractivity contribution in [1.29, 1.82) is 0 Å². The van der Waals surface area contributed by atoms with Crippen LogP contribution in [0.4, 0.5) is 0 Å². The van der Waals surface area contributed by atoms with Crippen molar-refractivity contribution < 1.29 is 0 Å². The van der Waals surface area contributed by atoms with Gasteiger partial charge in [0, 0.05) is 0 Å². The number of hydrogen-bond acceptors (Lipinski definition) is 0. The third kappa shape index (κ3) is 2.36. The molecule has 1 aromatic rings. The summed E-state index contributed by atoms with van der Waals surface area (Å²) in [5.41, 5.74) is 1.51. The van der Waals surface area contributed by atoms with Gasteiger partial charge in [0.2, 0.25) is 0 Å². The maximum absolute atomic E-state index is 2.32. The van der Waals surface area contributed by atoms with Crippen LogP contribution in [-0.4, -0.2) is 15.0 Å². The second-order valence-corrected chi connectivity index (χ2v) is 5.37. The van der Waals surface area contributed by atoms with Gasteiger partial charge in [-0.1, -0.05) is 0 Å². The molecule has 0 spiro atoms. The first kappa shape index (κ1) is 9.82. The molecular formula is C11H16Se. The van der Waals surface area contributed by atoms with Crippen molar-refractivity contribution in [3.05, 3.63) is 35.9 Å². The molecular weight excluding hydrogens is 211 g/mol. The molecule has 0 radical (unpaired) electrons. The number of hydrogen-bond donors (Lipinski definition) is 0. The van der Waals surface area contributed by atoms with E-state index in [0.717, 1.165) is 25.7 Å². The first-order chi connectivity index (χ1) is 5.75. The van der Waals surface area contributed by atoms with Gasteiger partial charge in [-0.05, 0) is 0 Å². The number of benzene rings is 1. The molecule has 0 nitrogen and oxygen atoms in total.